The molecule has 0 spiro atoms. The van der Waals surface area contributed by atoms with Gasteiger partial charge >= 0.3 is 0 Å². The topological polar surface area (TPSA) is 74.7 Å². The van der Waals surface area contributed by atoms with Crippen molar-refractivity contribution in [3.05, 3.63) is 52.2 Å². The Morgan fingerprint density at radius 2 is 1.89 bits per heavy atom. The monoisotopic (exact) mass is 524 g/mol. The number of thiophene rings is 1. The molecule has 5 rings (SSSR count). The van der Waals surface area contributed by atoms with Gasteiger partial charge < -0.3 is 14.4 Å². The average molecular weight is 525 g/mol. The van der Waals surface area contributed by atoms with Crippen molar-refractivity contribution in [2.75, 3.05) is 53.0 Å². The summed E-state index contributed by atoms with van der Waals surface area (Å²) in [4.78, 5) is 32.5. The minimum Gasteiger partial charge on any atom is -0.497 e. The second-order valence-electron chi connectivity index (χ2n) is 9.95. The van der Waals surface area contributed by atoms with E-state index < -0.39 is 0 Å². The number of morpholine rings is 1. The largest absolute Gasteiger partial charge is 0.497 e. The number of benzene rings is 1. The van der Waals surface area contributed by atoms with Crippen molar-refractivity contribution in [2.24, 2.45) is 11.0 Å². The molecule has 1 aromatic heterocycles. The number of nitrogens with zero attached hydrogens (tertiary/aromatic N) is 4. The summed E-state index contributed by atoms with van der Waals surface area (Å²) in [5, 5.41) is 8.44. The number of amides is 2. The van der Waals surface area contributed by atoms with Gasteiger partial charge in [-0.2, -0.15) is 5.10 Å². The second kappa shape index (κ2) is 12.2. The zero-order valence-electron chi connectivity index (χ0n) is 21.5. The number of methoxy groups -OCH3 is 1. The van der Waals surface area contributed by atoms with Crippen LogP contribution in [0.3, 0.4) is 0 Å². The van der Waals surface area contributed by atoms with Crippen LogP contribution in [0.2, 0.25) is 0 Å². The van der Waals surface area contributed by atoms with Gasteiger partial charge in [-0.1, -0.05) is 31.0 Å². The van der Waals surface area contributed by atoms with E-state index in [2.05, 4.69) is 4.90 Å². The van der Waals surface area contributed by atoms with Gasteiger partial charge in [0.25, 0.3) is 5.91 Å². The van der Waals surface area contributed by atoms with Gasteiger partial charge in [0.2, 0.25) is 5.91 Å². The second-order valence-corrected chi connectivity index (χ2v) is 10.9. The van der Waals surface area contributed by atoms with Crippen LogP contribution < -0.4 is 4.74 Å². The summed E-state index contributed by atoms with van der Waals surface area (Å²) in [6, 6.07) is 11.7. The third-order valence-electron chi connectivity index (χ3n) is 7.60. The predicted octanol–water partition coefficient (Wildman–Crippen LogP) is 3.79. The van der Waals surface area contributed by atoms with Crippen molar-refractivity contribution in [1.29, 1.82) is 0 Å². The number of ether oxygens (including phenoxy) is 2. The first kappa shape index (κ1) is 25.9. The maximum Gasteiger partial charge on any atom is 0.262 e. The normalized spacial score (nSPS) is 20.7. The standard InChI is InChI=1S/C28H36N4O4S/c1-35-23-10-8-21(9-11-23)25-19-24(26-7-4-18-37-26)29-32(25)27(33)20-31(28(34)22-5-2-3-6-22)13-12-30-14-16-36-17-15-30/h4,7-11,18,22,25H,2-3,5-6,12-17,19-20H2,1H3/t25-/m0/s1. The lowest BCUT2D eigenvalue weighted by Crippen LogP contribution is -2.47. The van der Waals surface area contributed by atoms with E-state index in [4.69, 9.17) is 14.6 Å². The Morgan fingerprint density at radius 1 is 1.14 bits per heavy atom. The van der Waals surface area contributed by atoms with E-state index in [1.54, 1.807) is 28.4 Å². The molecule has 3 aliphatic rings. The molecule has 3 heterocycles. The highest BCUT2D eigenvalue weighted by Gasteiger charge is 2.36. The van der Waals surface area contributed by atoms with Crippen LogP contribution >= 0.6 is 11.3 Å². The summed E-state index contributed by atoms with van der Waals surface area (Å²) in [6.45, 7) is 4.50. The lowest BCUT2D eigenvalue weighted by molar-refractivity contribution is -0.144. The number of carbonyl (C=O) groups is 2. The number of rotatable bonds is 9. The number of hydrogen-bond donors (Lipinski definition) is 0. The summed E-state index contributed by atoms with van der Waals surface area (Å²) in [5.74, 6) is 0.775. The molecule has 1 atom stereocenters. The number of carbonyl (C=O) groups excluding carboxylic acids is 2. The zero-order valence-corrected chi connectivity index (χ0v) is 22.3. The Bertz CT molecular complexity index is 1080. The molecule has 0 N–H and O–H groups in total. The Labute approximate surface area is 222 Å². The van der Waals surface area contributed by atoms with Crippen molar-refractivity contribution >= 4 is 28.9 Å². The highest BCUT2D eigenvalue weighted by Crippen LogP contribution is 2.35. The SMILES string of the molecule is COc1ccc([C@@H]2CC(c3cccs3)=NN2C(=O)CN(CCN2CCOCC2)C(=O)C2CCCC2)cc1. The van der Waals surface area contributed by atoms with Crippen molar-refractivity contribution in [3.63, 3.8) is 0 Å². The van der Waals surface area contributed by atoms with Gasteiger partial charge in [-0.05, 0) is 42.0 Å². The van der Waals surface area contributed by atoms with Gasteiger partial charge in [-0.3, -0.25) is 14.5 Å². The van der Waals surface area contributed by atoms with Gasteiger partial charge in [-0.25, -0.2) is 5.01 Å². The molecule has 198 valence electrons. The fourth-order valence-corrected chi connectivity index (χ4v) is 6.16. The van der Waals surface area contributed by atoms with Crippen LogP contribution in [0.25, 0.3) is 0 Å². The van der Waals surface area contributed by atoms with Crippen molar-refractivity contribution in [3.8, 4) is 5.75 Å². The lowest BCUT2D eigenvalue weighted by atomic mass is 10.0. The molecule has 2 fully saturated rings. The highest BCUT2D eigenvalue weighted by molar-refractivity contribution is 7.12. The van der Waals surface area contributed by atoms with Gasteiger partial charge in [-0.15, -0.1) is 11.3 Å². The summed E-state index contributed by atoms with van der Waals surface area (Å²) < 4.78 is 10.8. The Hall–Kier alpha value is -2.75. The van der Waals surface area contributed by atoms with Crippen LogP contribution in [0, 0.1) is 5.92 Å². The van der Waals surface area contributed by atoms with Crippen LogP contribution in [-0.4, -0.2) is 85.4 Å². The smallest absolute Gasteiger partial charge is 0.262 e. The Balaban J connectivity index is 1.35. The molecular weight excluding hydrogens is 488 g/mol. The molecule has 2 aromatic rings. The minimum atomic E-state index is -0.210. The molecule has 0 radical (unpaired) electrons. The molecule has 0 bridgehead atoms. The van der Waals surface area contributed by atoms with Gasteiger partial charge in [0.15, 0.2) is 0 Å². The van der Waals surface area contributed by atoms with E-state index in [-0.39, 0.29) is 30.3 Å². The van der Waals surface area contributed by atoms with Crippen molar-refractivity contribution < 1.29 is 19.1 Å². The lowest BCUT2D eigenvalue weighted by Gasteiger charge is -2.32. The van der Waals surface area contributed by atoms with Gasteiger partial charge in [0.1, 0.15) is 12.3 Å². The Kier molecular flexibility index (Phi) is 8.53. The first-order valence-electron chi connectivity index (χ1n) is 13.3. The zero-order chi connectivity index (χ0) is 25.6. The van der Waals surface area contributed by atoms with E-state index >= 15 is 0 Å². The molecule has 8 nitrogen and oxygen atoms in total. The molecule has 2 amide bonds. The van der Waals surface area contributed by atoms with Crippen LogP contribution in [0.1, 0.15) is 48.6 Å². The van der Waals surface area contributed by atoms with E-state index in [1.165, 1.54) is 0 Å². The summed E-state index contributed by atoms with van der Waals surface area (Å²) in [5.41, 5.74) is 1.91. The first-order chi connectivity index (χ1) is 18.1. The van der Waals surface area contributed by atoms with Crippen LogP contribution in [0.15, 0.2) is 46.9 Å². The van der Waals surface area contributed by atoms with Crippen molar-refractivity contribution in [1.82, 2.24) is 14.8 Å². The average Bonchev–Trinajstić information content (AvgIpc) is 3.73. The van der Waals surface area contributed by atoms with E-state index in [9.17, 15) is 9.59 Å². The molecule has 1 aliphatic carbocycles. The summed E-state index contributed by atoms with van der Waals surface area (Å²) in [7, 11) is 1.64. The highest BCUT2D eigenvalue weighted by atomic mass is 32.1. The third-order valence-corrected chi connectivity index (χ3v) is 8.52. The molecule has 9 heteroatoms. The van der Waals surface area contributed by atoms with Crippen LogP contribution in [0.4, 0.5) is 0 Å². The van der Waals surface area contributed by atoms with E-state index in [1.807, 2.05) is 41.8 Å². The van der Waals surface area contributed by atoms with Crippen LogP contribution in [-0.2, 0) is 14.3 Å². The molecule has 0 unspecified atom stereocenters. The minimum absolute atomic E-state index is 0.0265. The molecule has 1 saturated heterocycles. The maximum absolute atomic E-state index is 13.8. The summed E-state index contributed by atoms with van der Waals surface area (Å²) in [6.07, 6.45) is 4.65. The first-order valence-corrected chi connectivity index (χ1v) is 14.2. The fraction of sp³-hybridized carbons (Fsp3) is 0.536. The molecule has 1 saturated carbocycles. The summed E-state index contributed by atoms with van der Waals surface area (Å²) >= 11 is 1.63. The van der Waals surface area contributed by atoms with Gasteiger partial charge in [0, 0.05) is 38.5 Å². The molecule has 1 aromatic carbocycles. The van der Waals surface area contributed by atoms with Crippen LogP contribution in [0.5, 0.6) is 5.75 Å². The Morgan fingerprint density at radius 3 is 2.57 bits per heavy atom. The van der Waals surface area contributed by atoms with E-state index in [0.717, 1.165) is 67.2 Å². The molecule has 2 aliphatic heterocycles. The number of hydrazone groups is 1. The molecular formula is C28H36N4O4S. The van der Waals surface area contributed by atoms with Gasteiger partial charge in [0.05, 0.1) is 37.0 Å². The third kappa shape index (κ3) is 6.22. The van der Waals surface area contributed by atoms with Crippen molar-refractivity contribution in [2.45, 2.75) is 38.1 Å². The molecule has 37 heavy (non-hydrogen) atoms. The fourth-order valence-electron chi connectivity index (χ4n) is 5.44. The predicted molar refractivity (Wildman–Crippen MR) is 144 cm³/mol. The maximum atomic E-state index is 13.8. The number of hydrogen-bond acceptors (Lipinski definition) is 7. The van der Waals surface area contributed by atoms with E-state index in [0.29, 0.717) is 26.2 Å². The quantitative estimate of drug-likeness (QED) is 0.499.